The minimum absolute atomic E-state index is 0.229. The molecule has 2 nitrogen and oxygen atoms in total. The van der Waals surface area contributed by atoms with Crippen LogP contribution in [0.4, 0.5) is 0 Å². The van der Waals surface area contributed by atoms with E-state index in [4.69, 9.17) is 5.73 Å². The second kappa shape index (κ2) is 7.47. The van der Waals surface area contributed by atoms with Crippen molar-refractivity contribution in [2.45, 2.75) is 18.8 Å². The monoisotopic (exact) mass is 306 g/mol. The van der Waals surface area contributed by atoms with Crippen molar-refractivity contribution in [2.75, 3.05) is 19.6 Å². The summed E-state index contributed by atoms with van der Waals surface area (Å²) in [5, 5.41) is 0. The Kier molecular flexibility index (Phi) is 5.14. The largest absolute Gasteiger partial charge is 0.375 e. The van der Waals surface area contributed by atoms with E-state index in [1.54, 1.807) is 0 Å². The Bertz CT molecular complexity index is 573. The summed E-state index contributed by atoms with van der Waals surface area (Å²) in [7, 11) is 0. The van der Waals surface area contributed by atoms with E-state index in [-0.39, 0.29) is 5.92 Å². The first-order valence-corrected chi connectivity index (χ1v) is 8.53. The average Bonchev–Trinajstić information content (AvgIpc) is 2.64. The van der Waals surface area contributed by atoms with Gasteiger partial charge in [-0.3, -0.25) is 0 Å². The van der Waals surface area contributed by atoms with Crippen LogP contribution in [-0.2, 0) is 0 Å². The van der Waals surface area contributed by atoms with Gasteiger partial charge in [0.2, 0.25) is 0 Å². The van der Waals surface area contributed by atoms with Gasteiger partial charge in [-0.15, -0.1) is 0 Å². The van der Waals surface area contributed by atoms with Gasteiger partial charge in [0.05, 0.1) is 0 Å². The third-order valence-electron chi connectivity index (χ3n) is 4.95. The van der Waals surface area contributed by atoms with Crippen molar-refractivity contribution in [1.29, 1.82) is 0 Å². The van der Waals surface area contributed by atoms with E-state index < -0.39 is 0 Å². The summed E-state index contributed by atoms with van der Waals surface area (Å²) in [4.78, 5) is 2.46. The predicted molar refractivity (Wildman–Crippen MR) is 97.2 cm³/mol. The lowest BCUT2D eigenvalue weighted by atomic mass is 9.87. The Balaban J connectivity index is 1.86. The van der Waals surface area contributed by atoms with Crippen LogP contribution in [0.5, 0.6) is 0 Å². The Labute approximate surface area is 139 Å². The first-order chi connectivity index (χ1) is 11.3. The molecule has 0 unspecified atom stereocenters. The number of rotatable bonds is 5. The number of benzene rings is 2. The van der Waals surface area contributed by atoms with Crippen LogP contribution in [0, 0.1) is 5.92 Å². The molecule has 2 heteroatoms. The minimum Gasteiger partial charge on any atom is -0.375 e. The van der Waals surface area contributed by atoms with Gasteiger partial charge in [-0.2, -0.15) is 0 Å². The van der Waals surface area contributed by atoms with Crippen LogP contribution in [0.1, 0.15) is 29.9 Å². The second-order valence-corrected chi connectivity index (χ2v) is 6.41. The van der Waals surface area contributed by atoms with E-state index in [2.05, 4.69) is 72.1 Å². The van der Waals surface area contributed by atoms with Gasteiger partial charge in [-0.25, -0.2) is 0 Å². The lowest BCUT2D eigenvalue weighted by Crippen LogP contribution is -2.36. The zero-order valence-electron chi connectivity index (χ0n) is 13.7. The van der Waals surface area contributed by atoms with Crippen LogP contribution >= 0.6 is 0 Å². The summed E-state index contributed by atoms with van der Waals surface area (Å²) in [5.41, 5.74) is 9.65. The molecule has 0 amide bonds. The van der Waals surface area contributed by atoms with Crippen molar-refractivity contribution in [3.05, 3.63) is 84.1 Å². The molecule has 1 aliphatic rings. The normalized spacial score (nSPS) is 15.8. The first-order valence-electron chi connectivity index (χ1n) is 8.53. The number of hydrogen-bond donors (Lipinski definition) is 1. The molecule has 2 N–H and O–H groups in total. The summed E-state index contributed by atoms with van der Waals surface area (Å²) in [5.74, 6) is 0.901. The Morgan fingerprint density at radius 3 is 1.87 bits per heavy atom. The summed E-state index contributed by atoms with van der Waals surface area (Å²) < 4.78 is 0. The van der Waals surface area contributed by atoms with Crippen molar-refractivity contribution in [2.24, 2.45) is 11.7 Å². The molecule has 0 bridgehead atoms. The van der Waals surface area contributed by atoms with Gasteiger partial charge in [0.25, 0.3) is 0 Å². The number of nitrogens with two attached hydrogens (primary N) is 1. The predicted octanol–water partition coefficient (Wildman–Crippen LogP) is 4.00. The van der Waals surface area contributed by atoms with Crippen molar-refractivity contribution in [1.82, 2.24) is 4.90 Å². The second-order valence-electron chi connectivity index (χ2n) is 6.41. The molecule has 2 aromatic rings. The van der Waals surface area contributed by atoms with Crippen molar-refractivity contribution in [3.63, 3.8) is 0 Å². The van der Waals surface area contributed by atoms with Crippen molar-refractivity contribution < 1.29 is 0 Å². The van der Waals surface area contributed by atoms with E-state index in [0.29, 0.717) is 5.92 Å². The van der Waals surface area contributed by atoms with Crippen molar-refractivity contribution >= 4 is 0 Å². The molecule has 3 rings (SSSR count). The molecule has 0 aromatic heterocycles. The van der Waals surface area contributed by atoms with Crippen LogP contribution in [-0.4, -0.2) is 24.5 Å². The molecule has 0 atom stereocenters. The number of piperidine rings is 1. The molecule has 0 aliphatic carbocycles. The van der Waals surface area contributed by atoms with E-state index in [9.17, 15) is 0 Å². The summed E-state index contributed by atoms with van der Waals surface area (Å²) >= 11 is 0. The first kappa shape index (κ1) is 15.8. The highest BCUT2D eigenvalue weighted by Gasteiger charge is 2.25. The lowest BCUT2D eigenvalue weighted by Gasteiger charge is -2.37. The fourth-order valence-corrected chi connectivity index (χ4v) is 3.51. The van der Waals surface area contributed by atoms with Gasteiger partial charge in [-0.1, -0.05) is 67.2 Å². The molecular weight excluding hydrogens is 280 g/mol. The molecule has 23 heavy (non-hydrogen) atoms. The average molecular weight is 306 g/mol. The fourth-order valence-electron chi connectivity index (χ4n) is 3.51. The third kappa shape index (κ3) is 3.65. The fraction of sp³-hybridized carbons (Fsp3) is 0.333. The zero-order chi connectivity index (χ0) is 16.1. The summed E-state index contributed by atoms with van der Waals surface area (Å²) in [6.07, 6.45) is 2.34. The number of nitrogens with zero attached hydrogens (tertiary/aromatic N) is 1. The van der Waals surface area contributed by atoms with E-state index in [1.165, 1.54) is 29.7 Å². The highest BCUT2D eigenvalue weighted by atomic mass is 15.1. The number of likely N-dealkylation sites (tertiary alicyclic amines) is 1. The SMILES string of the molecule is C=C(C(c1ccccc1)c1ccccc1)N1CCC(CN)CC1. The maximum atomic E-state index is 5.83. The van der Waals surface area contributed by atoms with Gasteiger partial charge in [0, 0.05) is 24.7 Å². The van der Waals surface area contributed by atoms with Crippen LogP contribution in [0.15, 0.2) is 72.9 Å². The molecule has 120 valence electrons. The van der Waals surface area contributed by atoms with Crippen LogP contribution in [0.3, 0.4) is 0 Å². The number of allylic oxidation sites excluding steroid dienone is 1. The van der Waals surface area contributed by atoms with Crippen LogP contribution in [0.2, 0.25) is 0 Å². The van der Waals surface area contributed by atoms with Gasteiger partial charge < -0.3 is 10.6 Å². The third-order valence-corrected chi connectivity index (χ3v) is 4.95. The Morgan fingerprint density at radius 1 is 0.957 bits per heavy atom. The molecule has 1 saturated heterocycles. The van der Waals surface area contributed by atoms with Crippen molar-refractivity contribution in [3.8, 4) is 0 Å². The maximum Gasteiger partial charge on any atom is 0.0483 e. The standard InChI is InChI=1S/C21H26N2/c1-17(23-14-12-18(16-22)13-15-23)21(19-8-4-2-5-9-19)20-10-6-3-7-11-20/h2-11,18,21H,1,12-16,22H2. The van der Waals surface area contributed by atoms with Gasteiger partial charge in [0.15, 0.2) is 0 Å². The smallest absolute Gasteiger partial charge is 0.0483 e. The van der Waals surface area contributed by atoms with Gasteiger partial charge in [-0.05, 0) is 36.4 Å². The molecular formula is C21H26N2. The molecule has 0 saturated carbocycles. The Morgan fingerprint density at radius 2 is 1.43 bits per heavy atom. The maximum absolute atomic E-state index is 5.83. The van der Waals surface area contributed by atoms with Crippen LogP contribution < -0.4 is 5.73 Å². The molecule has 0 radical (unpaired) electrons. The molecule has 0 spiro atoms. The van der Waals surface area contributed by atoms with Crippen LogP contribution in [0.25, 0.3) is 0 Å². The highest BCUT2D eigenvalue weighted by molar-refractivity contribution is 5.39. The number of hydrogen-bond acceptors (Lipinski definition) is 2. The van der Waals surface area contributed by atoms with Gasteiger partial charge in [0.1, 0.15) is 0 Å². The highest BCUT2D eigenvalue weighted by Crippen LogP contribution is 2.34. The summed E-state index contributed by atoms with van der Waals surface area (Å²) in [6.45, 7) is 7.42. The molecule has 2 aromatic carbocycles. The van der Waals surface area contributed by atoms with E-state index >= 15 is 0 Å². The zero-order valence-corrected chi connectivity index (χ0v) is 13.7. The lowest BCUT2D eigenvalue weighted by molar-refractivity contribution is 0.223. The molecule has 1 fully saturated rings. The van der Waals surface area contributed by atoms with E-state index in [1.807, 2.05) is 0 Å². The molecule has 1 heterocycles. The quantitative estimate of drug-likeness (QED) is 0.904. The minimum atomic E-state index is 0.229. The van der Waals surface area contributed by atoms with Gasteiger partial charge >= 0.3 is 0 Å². The molecule has 1 aliphatic heterocycles. The van der Waals surface area contributed by atoms with E-state index in [0.717, 1.165) is 19.6 Å². The Hall–Kier alpha value is -2.06. The topological polar surface area (TPSA) is 29.3 Å². The summed E-state index contributed by atoms with van der Waals surface area (Å²) in [6, 6.07) is 21.4.